The number of aryl methyl sites for hydroxylation is 1. The van der Waals surface area contributed by atoms with Crippen LogP contribution in [0.3, 0.4) is 0 Å². The molecule has 5 heteroatoms. The fourth-order valence-electron chi connectivity index (χ4n) is 1.58. The second-order valence-corrected chi connectivity index (χ2v) is 4.17. The Bertz CT molecular complexity index is 432. The number of carbonyl (C=O) groups excluding carboxylic acids is 1. The number of carbonyl (C=O) groups is 2. The van der Waals surface area contributed by atoms with Crippen LogP contribution in [0.4, 0.5) is 10.5 Å². The Morgan fingerprint density at radius 1 is 1.39 bits per heavy atom. The molecule has 0 aliphatic rings. The van der Waals surface area contributed by atoms with E-state index in [0.717, 1.165) is 5.56 Å². The van der Waals surface area contributed by atoms with Gasteiger partial charge < -0.3 is 15.7 Å². The Labute approximate surface area is 106 Å². The largest absolute Gasteiger partial charge is 0.481 e. The van der Waals surface area contributed by atoms with Gasteiger partial charge in [0.1, 0.15) is 0 Å². The van der Waals surface area contributed by atoms with Crippen LogP contribution in [0, 0.1) is 6.92 Å². The minimum Gasteiger partial charge on any atom is -0.481 e. The van der Waals surface area contributed by atoms with Crippen molar-refractivity contribution in [2.45, 2.75) is 32.7 Å². The lowest BCUT2D eigenvalue weighted by molar-refractivity contribution is -0.137. The zero-order chi connectivity index (χ0) is 13.5. The highest BCUT2D eigenvalue weighted by molar-refractivity contribution is 5.89. The third kappa shape index (κ3) is 4.86. The zero-order valence-corrected chi connectivity index (χ0v) is 10.6. The molecule has 1 atom stereocenters. The summed E-state index contributed by atoms with van der Waals surface area (Å²) in [5, 5.41) is 14.0. The highest BCUT2D eigenvalue weighted by Gasteiger charge is 2.13. The highest BCUT2D eigenvalue weighted by Crippen LogP contribution is 2.09. The number of anilines is 1. The van der Waals surface area contributed by atoms with Gasteiger partial charge in [-0.1, -0.05) is 19.1 Å². The van der Waals surface area contributed by atoms with Gasteiger partial charge in [0.25, 0.3) is 0 Å². The van der Waals surface area contributed by atoms with Crippen molar-refractivity contribution in [3.63, 3.8) is 0 Å². The van der Waals surface area contributed by atoms with E-state index in [4.69, 9.17) is 5.11 Å². The van der Waals surface area contributed by atoms with E-state index >= 15 is 0 Å². The monoisotopic (exact) mass is 250 g/mol. The van der Waals surface area contributed by atoms with E-state index < -0.39 is 5.97 Å². The highest BCUT2D eigenvalue weighted by atomic mass is 16.4. The van der Waals surface area contributed by atoms with Crippen LogP contribution in [0.1, 0.15) is 25.3 Å². The lowest BCUT2D eigenvalue weighted by Crippen LogP contribution is -2.38. The molecule has 1 unspecified atom stereocenters. The molecule has 0 saturated carbocycles. The second-order valence-electron chi connectivity index (χ2n) is 4.17. The molecule has 3 N–H and O–H groups in total. The molecule has 0 bridgehead atoms. The number of hydrogen-bond acceptors (Lipinski definition) is 2. The summed E-state index contributed by atoms with van der Waals surface area (Å²) >= 11 is 0. The number of carboxylic acids is 1. The van der Waals surface area contributed by atoms with Crippen molar-refractivity contribution in [2.24, 2.45) is 0 Å². The number of benzene rings is 1. The minimum absolute atomic E-state index is 0.0717. The lowest BCUT2D eigenvalue weighted by Gasteiger charge is -2.15. The van der Waals surface area contributed by atoms with Crippen LogP contribution in [-0.4, -0.2) is 23.1 Å². The molecule has 98 valence electrons. The molecule has 0 spiro atoms. The fourth-order valence-corrected chi connectivity index (χ4v) is 1.58. The zero-order valence-electron chi connectivity index (χ0n) is 10.6. The van der Waals surface area contributed by atoms with Gasteiger partial charge in [-0.25, -0.2) is 4.79 Å². The van der Waals surface area contributed by atoms with Crippen LogP contribution >= 0.6 is 0 Å². The molecular weight excluding hydrogens is 232 g/mol. The van der Waals surface area contributed by atoms with Crippen LogP contribution < -0.4 is 10.6 Å². The Kier molecular flexibility index (Phi) is 5.17. The predicted octanol–water partition coefficient (Wildman–Crippen LogP) is 2.37. The number of carboxylic acid groups (broad SMARTS) is 1. The molecule has 0 fully saturated rings. The van der Waals surface area contributed by atoms with Crippen LogP contribution in [0.5, 0.6) is 0 Å². The molecule has 0 saturated heterocycles. The maximum absolute atomic E-state index is 11.7. The van der Waals surface area contributed by atoms with Crippen molar-refractivity contribution in [1.29, 1.82) is 0 Å². The molecule has 0 aliphatic heterocycles. The summed E-state index contributed by atoms with van der Waals surface area (Å²) in [7, 11) is 0. The predicted molar refractivity (Wildman–Crippen MR) is 69.7 cm³/mol. The molecule has 5 nitrogen and oxygen atoms in total. The Morgan fingerprint density at radius 2 is 2.11 bits per heavy atom. The minimum atomic E-state index is -0.919. The number of hydrogen-bond donors (Lipinski definition) is 3. The smallest absolute Gasteiger partial charge is 0.319 e. The van der Waals surface area contributed by atoms with Gasteiger partial charge in [-0.3, -0.25) is 4.79 Å². The van der Waals surface area contributed by atoms with Gasteiger partial charge in [0.05, 0.1) is 6.42 Å². The van der Waals surface area contributed by atoms with Crippen molar-refractivity contribution in [3.8, 4) is 0 Å². The van der Waals surface area contributed by atoms with E-state index in [1.807, 2.05) is 32.0 Å². The molecule has 18 heavy (non-hydrogen) atoms. The maximum atomic E-state index is 11.7. The SMILES string of the molecule is CCC(CC(=O)O)NC(=O)Nc1cccc(C)c1. The molecule has 1 aromatic carbocycles. The number of nitrogens with one attached hydrogen (secondary N) is 2. The van der Waals surface area contributed by atoms with E-state index in [-0.39, 0.29) is 18.5 Å². The van der Waals surface area contributed by atoms with E-state index in [9.17, 15) is 9.59 Å². The Morgan fingerprint density at radius 3 is 2.67 bits per heavy atom. The Balaban J connectivity index is 2.52. The first kappa shape index (κ1) is 14.0. The van der Waals surface area contributed by atoms with Crippen LogP contribution in [0.15, 0.2) is 24.3 Å². The number of urea groups is 1. The van der Waals surface area contributed by atoms with Gasteiger partial charge in [-0.2, -0.15) is 0 Å². The van der Waals surface area contributed by atoms with Crippen LogP contribution in [0.2, 0.25) is 0 Å². The topological polar surface area (TPSA) is 78.4 Å². The molecule has 0 aromatic heterocycles. The normalized spacial score (nSPS) is 11.7. The summed E-state index contributed by atoms with van der Waals surface area (Å²) in [4.78, 5) is 22.2. The van der Waals surface area contributed by atoms with Crippen molar-refractivity contribution >= 4 is 17.7 Å². The number of aliphatic carboxylic acids is 1. The number of rotatable bonds is 5. The van der Waals surface area contributed by atoms with Gasteiger partial charge in [-0.15, -0.1) is 0 Å². The van der Waals surface area contributed by atoms with Gasteiger partial charge in [0.15, 0.2) is 0 Å². The summed E-state index contributed by atoms with van der Waals surface area (Å²) in [5.41, 5.74) is 1.74. The van der Waals surface area contributed by atoms with E-state index in [1.165, 1.54) is 0 Å². The molecular formula is C13H18N2O3. The van der Waals surface area contributed by atoms with Crippen molar-refractivity contribution in [2.75, 3.05) is 5.32 Å². The first-order valence-electron chi connectivity index (χ1n) is 5.87. The van der Waals surface area contributed by atoms with Crippen molar-refractivity contribution < 1.29 is 14.7 Å². The molecule has 1 aromatic rings. The third-order valence-corrected chi connectivity index (χ3v) is 2.52. The standard InChI is InChI=1S/C13H18N2O3/c1-3-10(8-12(16)17)14-13(18)15-11-6-4-5-9(2)7-11/h4-7,10H,3,8H2,1-2H3,(H,16,17)(H2,14,15,18). The van der Waals surface area contributed by atoms with Gasteiger partial charge in [-0.05, 0) is 31.0 Å². The summed E-state index contributed by atoms with van der Waals surface area (Å²) < 4.78 is 0. The Hall–Kier alpha value is -2.04. The molecule has 0 heterocycles. The fraction of sp³-hybridized carbons (Fsp3) is 0.385. The summed E-state index contributed by atoms with van der Waals surface area (Å²) in [6.45, 7) is 3.77. The number of amides is 2. The molecule has 1 rings (SSSR count). The van der Waals surface area contributed by atoms with Crippen molar-refractivity contribution in [3.05, 3.63) is 29.8 Å². The maximum Gasteiger partial charge on any atom is 0.319 e. The van der Waals surface area contributed by atoms with Crippen LogP contribution in [-0.2, 0) is 4.79 Å². The lowest BCUT2D eigenvalue weighted by atomic mass is 10.1. The summed E-state index contributed by atoms with van der Waals surface area (Å²) in [5.74, 6) is -0.919. The van der Waals surface area contributed by atoms with E-state index in [0.29, 0.717) is 12.1 Å². The molecule has 0 aliphatic carbocycles. The molecule has 2 amide bonds. The van der Waals surface area contributed by atoms with E-state index in [1.54, 1.807) is 6.07 Å². The quantitative estimate of drug-likeness (QED) is 0.750. The summed E-state index contributed by atoms with van der Waals surface area (Å²) in [6, 6.07) is 6.67. The van der Waals surface area contributed by atoms with Gasteiger partial charge in [0, 0.05) is 11.7 Å². The average molecular weight is 250 g/mol. The summed E-state index contributed by atoms with van der Waals surface area (Å²) in [6.07, 6.45) is 0.505. The second kappa shape index (κ2) is 6.64. The van der Waals surface area contributed by atoms with Gasteiger partial charge in [0.2, 0.25) is 0 Å². The van der Waals surface area contributed by atoms with Gasteiger partial charge >= 0.3 is 12.0 Å². The van der Waals surface area contributed by atoms with Crippen LogP contribution in [0.25, 0.3) is 0 Å². The first-order valence-corrected chi connectivity index (χ1v) is 5.87. The van der Waals surface area contributed by atoms with E-state index in [2.05, 4.69) is 10.6 Å². The third-order valence-electron chi connectivity index (χ3n) is 2.52. The molecule has 0 radical (unpaired) electrons. The average Bonchev–Trinajstić information content (AvgIpc) is 2.27. The first-order chi connectivity index (χ1) is 8.51. The van der Waals surface area contributed by atoms with Crippen molar-refractivity contribution in [1.82, 2.24) is 5.32 Å².